The molecule has 1 saturated carbocycles. The van der Waals surface area contributed by atoms with E-state index in [9.17, 15) is 4.79 Å². The third-order valence-electron chi connectivity index (χ3n) is 5.35. The number of amides is 1. The molecule has 1 amide bonds. The molecule has 27 heavy (non-hydrogen) atoms. The number of hydrogen-bond donors (Lipinski definition) is 2. The summed E-state index contributed by atoms with van der Waals surface area (Å²) in [6, 6.07) is 12.3. The van der Waals surface area contributed by atoms with E-state index in [0.29, 0.717) is 0 Å². The third-order valence-corrected chi connectivity index (χ3v) is 5.35. The van der Waals surface area contributed by atoms with Crippen LogP contribution in [0.1, 0.15) is 51.1 Å². The summed E-state index contributed by atoms with van der Waals surface area (Å²) in [5, 5.41) is 3.15. The Morgan fingerprint density at radius 1 is 1.11 bits per heavy atom. The lowest BCUT2D eigenvalue weighted by Gasteiger charge is -2.37. The predicted octanol–water partition coefficient (Wildman–Crippen LogP) is 4.68. The second-order valence-electron chi connectivity index (χ2n) is 7.39. The number of nitrogens with one attached hydrogen (secondary N) is 1. The van der Waals surface area contributed by atoms with Crippen molar-refractivity contribution < 1.29 is 4.79 Å². The number of hydrogen-bond acceptors (Lipinski definition) is 3. The molecule has 1 fully saturated rings. The summed E-state index contributed by atoms with van der Waals surface area (Å²) in [6.45, 7) is 4.03. The summed E-state index contributed by atoms with van der Waals surface area (Å²) in [5.41, 5.74) is 9.34. The first-order chi connectivity index (χ1) is 12.0. The zero-order valence-corrected chi connectivity index (χ0v) is 17.5. The standard InChI is InChI=1S/C21H27N3O.2ClH/c1-15(24-20(25)19-5-3-4-12-21(19,2)22)16-6-8-17(9-7-16)18-10-13-23-14-11-18;;/h6-11,13-15,19H,3-5,12,22H2,1-2H3,(H,24,25);2*1H. The van der Waals surface area contributed by atoms with E-state index in [1.165, 1.54) is 0 Å². The van der Waals surface area contributed by atoms with Crippen molar-refractivity contribution in [2.45, 2.75) is 51.1 Å². The van der Waals surface area contributed by atoms with Crippen molar-refractivity contribution in [3.8, 4) is 11.1 Å². The van der Waals surface area contributed by atoms with Gasteiger partial charge >= 0.3 is 0 Å². The highest BCUT2D eigenvalue weighted by atomic mass is 35.5. The van der Waals surface area contributed by atoms with Crippen LogP contribution < -0.4 is 11.1 Å². The minimum Gasteiger partial charge on any atom is -0.349 e. The van der Waals surface area contributed by atoms with Gasteiger partial charge in [-0.15, -0.1) is 24.8 Å². The van der Waals surface area contributed by atoms with Gasteiger partial charge in [-0.3, -0.25) is 9.78 Å². The van der Waals surface area contributed by atoms with Crippen LogP contribution in [0.15, 0.2) is 48.8 Å². The van der Waals surface area contributed by atoms with Crippen LogP contribution in [0.4, 0.5) is 0 Å². The number of halogens is 2. The van der Waals surface area contributed by atoms with Gasteiger partial charge in [0.1, 0.15) is 0 Å². The average Bonchev–Trinajstić information content (AvgIpc) is 2.62. The first-order valence-electron chi connectivity index (χ1n) is 9.07. The first kappa shape index (κ1) is 23.4. The van der Waals surface area contributed by atoms with Crippen LogP contribution in [0.2, 0.25) is 0 Å². The summed E-state index contributed by atoms with van der Waals surface area (Å²) in [7, 11) is 0. The molecule has 0 radical (unpaired) electrons. The fourth-order valence-electron chi connectivity index (χ4n) is 3.69. The van der Waals surface area contributed by atoms with Gasteiger partial charge in [-0.2, -0.15) is 0 Å². The lowest BCUT2D eigenvalue weighted by Crippen LogP contribution is -2.53. The molecule has 0 saturated heterocycles. The molecule has 0 spiro atoms. The number of carbonyl (C=O) groups is 1. The number of pyridine rings is 1. The second-order valence-corrected chi connectivity index (χ2v) is 7.39. The van der Waals surface area contributed by atoms with Crippen molar-refractivity contribution in [3.63, 3.8) is 0 Å². The molecular weight excluding hydrogens is 381 g/mol. The highest BCUT2D eigenvalue weighted by Crippen LogP contribution is 2.32. The Bertz CT molecular complexity index is 720. The van der Waals surface area contributed by atoms with Crippen LogP contribution in [0.5, 0.6) is 0 Å². The number of carbonyl (C=O) groups excluding carboxylic acids is 1. The number of rotatable bonds is 4. The number of benzene rings is 1. The van der Waals surface area contributed by atoms with E-state index in [1.54, 1.807) is 12.4 Å². The molecule has 1 aromatic carbocycles. The number of aromatic nitrogens is 1. The molecule has 0 bridgehead atoms. The smallest absolute Gasteiger partial charge is 0.225 e. The zero-order chi connectivity index (χ0) is 17.9. The van der Waals surface area contributed by atoms with Gasteiger partial charge in [-0.05, 0) is 55.5 Å². The topological polar surface area (TPSA) is 68.0 Å². The summed E-state index contributed by atoms with van der Waals surface area (Å²) in [5.74, 6) is -0.0183. The minimum absolute atomic E-state index is 0. The maximum atomic E-state index is 12.7. The van der Waals surface area contributed by atoms with Crippen LogP contribution in [0, 0.1) is 5.92 Å². The highest BCUT2D eigenvalue weighted by molar-refractivity contribution is 5.85. The molecule has 1 aliphatic rings. The van der Waals surface area contributed by atoms with Crippen LogP contribution in [-0.2, 0) is 4.79 Å². The molecule has 3 N–H and O–H groups in total. The van der Waals surface area contributed by atoms with Crippen molar-refractivity contribution in [2.75, 3.05) is 0 Å². The van der Waals surface area contributed by atoms with Crippen molar-refractivity contribution in [3.05, 3.63) is 54.4 Å². The van der Waals surface area contributed by atoms with Crippen molar-refractivity contribution in [1.82, 2.24) is 10.3 Å². The van der Waals surface area contributed by atoms with Gasteiger partial charge in [-0.1, -0.05) is 37.1 Å². The van der Waals surface area contributed by atoms with Gasteiger partial charge in [0.05, 0.1) is 12.0 Å². The fraction of sp³-hybridized carbons (Fsp3) is 0.429. The van der Waals surface area contributed by atoms with E-state index in [4.69, 9.17) is 5.73 Å². The zero-order valence-electron chi connectivity index (χ0n) is 15.9. The molecule has 148 valence electrons. The Morgan fingerprint density at radius 3 is 2.30 bits per heavy atom. The lowest BCUT2D eigenvalue weighted by atomic mass is 9.74. The van der Waals surface area contributed by atoms with Gasteiger partial charge in [0.15, 0.2) is 0 Å². The molecule has 1 aromatic heterocycles. The van der Waals surface area contributed by atoms with Gasteiger partial charge in [0.2, 0.25) is 5.91 Å². The van der Waals surface area contributed by atoms with Gasteiger partial charge < -0.3 is 11.1 Å². The van der Waals surface area contributed by atoms with E-state index in [0.717, 1.165) is 42.4 Å². The normalized spacial score (nSPS) is 22.7. The SMILES string of the molecule is CC(NC(=O)C1CCCCC1(C)N)c1ccc(-c2ccncc2)cc1.Cl.Cl. The van der Waals surface area contributed by atoms with Crippen molar-refractivity contribution in [1.29, 1.82) is 0 Å². The maximum absolute atomic E-state index is 12.7. The molecule has 2 aromatic rings. The molecule has 0 aliphatic heterocycles. The maximum Gasteiger partial charge on any atom is 0.225 e. The second kappa shape index (κ2) is 10.1. The lowest BCUT2D eigenvalue weighted by molar-refractivity contribution is -0.128. The Hall–Kier alpha value is -1.62. The third kappa shape index (κ3) is 5.68. The molecule has 1 aliphatic carbocycles. The van der Waals surface area contributed by atoms with E-state index in [2.05, 4.69) is 34.6 Å². The highest BCUT2D eigenvalue weighted by Gasteiger charge is 2.38. The largest absolute Gasteiger partial charge is 0.349 e. The van der Waals surface area contributed by atoms with Crippen LogP contribution in [-0.4, -0.2) is 16.4 Å². The molecular formula is C21H29Cl2N3O. The molecule has 4 nitrogen and oxygen atoms in total. The van der Waals surface area contributed by atoms with E-state index in [-0.39, 0.29) is 42.7 Å². The summed E-state index contributed by atoms with van der Waals surface area (Å²) >= 11 is 0. The van der Waals surface area contributed by atoms with Crippen LogP contribution >= 0.6 is 24.8 Å². The van der Waals surface area contributed by atoms with Crippen LogP contribution in [0.25, 0.3) is 11.1 Å². The van der Waals surface area contributed by atoms with Crippen LogP contribution in [0.3, 0.4) is 0 Å². The Labute approximate surface area is 174 Å². The molecule has 3 rings (SSSR count). The molecule has 3 atom stereocenters. The van der Waals surface area contributed by atoms with E-state index in [1.807, 2.05) is 26.0 Å². The van der Waals surface area contributed by atoms with E-state index >= 15 is 0 Å². The number of nitrogens with zero attached hydrogens (tertiary/aromatic N) is 1. The van der Waals surface area contributed by atoms with Crippen molar-refractivity contribution >= 4 is 30.7 Å². The Morgan fingerprint density at radius 2 is 1.70 bits per heavy atom. The van der Waals surface area contributed by atoms with Crippen molar-refractivity contribution in [2.24, 2.45) is 11.7 Å². The minimum atomic E-state index is -0.396. The predicted molar refractivity (Wildman–Crippen MR) is 115 cm³/mol. The first-order valence-corrected chi connectivity index (χ1v) is 9.07. The van der Waals surface area contributed by atoms with Gasteiger partial charge in [0, 0.05) is 17.9 Å². The van der Waals surface area contributed by atoms with E-state index < -0.39 is 5.54 Å². The van der Waals surface area contributed by atoms with Gasteiger partial charge in [0.25, 0.3) is 0 Å². The monoisotopic (exact) mass is 409 g/mol. The molecule has 1 heterocycles. The average molecular weight is 410 g/mol. The van der Waals surface area contributed by atoms with Gasteiger partial charge in [-0.25, -0.2) is 0 Å². The quantitative estimate of drug-likeness (QED) is 0.769. The molecule has 3 unspecified atom stereocenters. The Balaban J connectivity index is 0.00000182. The number of nitrogens with two attached hydrogens (primary N) is 1. The summed E-state index contributed by atoms with van der Waals surface area (Å²) in [4.78, 5) is 16.7. The summed E-state index contributed by atoms with van der Waals surface area (Å²) in [6.07, 6.45) is 7.58. The fourth-order valence-corrected chi connectivity index (χ4v) is 3.69. The summed E-state index contributed by atoms with van der Waals surface area (Å²) < 4.78 is 0. The molecule has 6 heteroatoms. The Kier molecular flexibility index (Phi) is 8.73.